The second-order valence-electron chi connectivity index (χ2n) is 3.18. The van der Waals surface area contributed by atoms with E-state index < -0.39 is 39.4 Å². The second kappa shape index (κ2) is 6.01. The van der Waals surface area contributed by atoms with Gasteiger partial charge < -0.3 is 0 Å². The second-order valence-corrected chi connectivity index (χ2v) is 18.5. The van der Waals surface area contributed by atoms with Gasteiger partial charge in [0, 0.05) is 19.5 Å². The van der Waals surface area contributed by atoms with Crippen molar-refractivity contribution >= 4 is 39.4 Å². The van der Waals surface area contributed by atoms with E-state index in [1.54, 1.807) is 0 Å². The van der Waals surface area contributed by atoms with Gasteiger partial charge in [-0.05, 0) is 12.1 Å². The standard InChI is InChI=1S/C6H7O9PS3.Rh/c7-17(8,9)16(18(10,11)12,19(13,14)15)6-4-2-1-3-5-6;/h1-5H,(H2-,7,8,9,10,11,12,13,14,15);/p+1. The third kappa shape index (κ3) is 3.10. The molecule has 0 unspecified atom stereocenters. The summed E-state index contributed by atoms with van der Waals surface area (Å²) in [5, 5.41) is -0.942. The van der Waals surface area contributed by atoms with Crippen molar-refractivity contribution in [1.29, 1.82) is 0 Å². The van der Waals surface area contributed by atoms with Crippen molar-refractivity contribution in [2.75, 3.05) is 0 Å². The zero-order chi connectivity index (χ0) is 15.1. The van der Waals surface area contributed by atoms with Crippen LogP contribution in [0, 0.1) is 0 Å². The molecule has 0 heterocycles. The molecule has 0 bridgehead atoms. The van der Waals surface area contributed by atoms with Crippen LogP contribution in [-0.4, -0.2) is 38.9 Å². The average Bonchev–Trinajstić information content (AvgIpc) is 2.12. The molecule has 0 aliphatic carbocycles. The summed E-state index contributed by atoms with van der Waals surface area (Å²) < 4.78 is 94.6. The van der Waals surface area contributed by atoms with Gasteiger partial charge in [0.15, 0.2) is 5.30 Å². The first-order chi connectivity index (χ1) is 8.36. The summed E-state index contributed by atoms with van der Waals surface area (Å²) >= 11 is 0. The number of hydrogen-bond donors (Lipinski definition) is 3. The van der Waals surface area contributed by atoms with Crippen LogP contribution in [0.3, 0.4) is 0 Å². The molecule has 3 N–H and O–H groups in total. The third-order valence-electron chi connectivity index (χ3n) is 1.98. The third-order valence-corrected chi connectivity index (χ3v) is 22.3. The Hall–Kier alpha value is 0.00338. The van der Waals surface area contributed by atoms with Gasteiger partial charge in [-0.15, -0.1) is 0 Å². The Morgan fingerprint density at radius 2 is 1.00 bits per heavy atom. The van der Waals surface area contributed by atoms with Gasteiger partial charge in [-0.3, -0.25) is 13.7 Å². The molecule has 0 saturated heterocycles. The zero-order valence-electron chi connectivity index (χ0n) is 9.18. The summed E-state index contributed by atoms with van der Waals surface area (Å²) in [5.74, 6) is 0. The zero-order valence-corrected chi connectivity index (χ0v) is 14.2. The minimum atomic E-state index is -5.86. The molecule has 1 aromatic carbocycles. The Bertz CT molecular complexity index is 705. The first kappa shape index (κ1) is 20.0. The van der Waals surface area contributed by atoms with Gasteiger partial charge in [0.1, 0.15) is 0 Å². The summed E-state index contributed by atoms with van der Waals surface area (Å²) in [5.41, 5.74) is 0. The van der Waals surface area contributed by atoms with E-state index in [0.29, 0.717) is 0 Å². The molecule has 0 aromatic heterocycles. The molecule has 0 spiro atoms. The number of rotatable bonds is 4. The fourth-order valence-corrected chi connectivity index (χ4v) is 15.5. The van der Waals surface area contributed by atoms with E-state index in [9.17, 15) is 25.3 Å². The molecular formula is C6H8O9PRhS3+. The Labute approximate surface area is 128 Å². The molecule has 117 valence electrons. The van der Waals surface area contributed by atoms with E-state index >= 15 is 0 Å². The molecule has 0 saturated carbocycles. The van der Waals surface area contributed by atoms with Gasteiger partial charge in [0.05, 0.1) is 0 Å². The molecule has 1 radical (unpaired) electrons. The van der Waals surface area contributed by atoms with Gasteiger partial charge >= 0.3 is 34.1 Å². The van der Waals surface area contributed by atoms with E-state index in [0.717, 1.165) is 24.3 Å². The van der Waals surface area contributed by atoms with Crippen LogP contribution in [0.2, 0.25) is 0 Å². The van der Waals surface area contributed by atoms with Crippen molar-refractivity contribution in [1.82, 2.24) is 0 Å². The molecule has 1 rings (SSSR count). The van der Waals surface area contributed by atoms with Crippen LogP contribution in [0.4, 0.5) is 0 Å². The Morgan fingerprint density at radius 1 is 0.700 bits per heavy atom. The minimum absolute atomic E-state index is 0. The maximum absolute atomic E-state index is 11.3. The van der Waals surface area contributed by atoms with Gasteiger partial charge in [-0.1, -0.05) is 18.2 Å². The normalized spacial score (nSPS) is 13.6. The quantitative estimate of drug-likeness (QED) is 0.316. The molecule has 20 heavy (non-hydrogen) atoms. The summed E-state index contributed by atoms with van der Waals surface area (Å²) in [7, 11) is -17.6. The van der Waals surface area contributed by atoms with Crippen LogP contribution in [0.25, 0.3) is 0 Å². The van der Waals surface area contributed by atoms with Gasteiger partial charge in [-0.25, -0.2) is 0 Å². The predicted octanol–water partition coefficient (Wildman–Crippen LogP) is -0.265. The summed E-state index contributed by atoms with van der Waals surface area (Å²) in [6, 6.07) is 4.93. The smallest absolute Gasteiger partial charge is 0.255 e. The monoisotopic (exact) mass is 454 g/mol. The fraction of sp³-hybridized carbons (Fsp3) is 0. The number of benzene rings is 1. The van der Waals surface area contributed by atoms with E-state index in [2.05, 4.69) is 0 Å². The topological polar surface area (TPSA) is 163 Å². The van der Waals surface area contributed by atoms with E-state index in [1.165, 1.54) is 6.07 Å². The Balaban J connectivity index is 0.00000361. The molecule has 0 atom stereocenters. The van der Waals surface area contributed by atoms with E-state index in [4.69, 9.17) is 13.7 Å². The molecule has 14 heteroatoms. The number of hydrogen-bond acceptors (Lipinski definition) is 6. The van der Waals surface area contributed by atoms with Crippen LogP contribution >= 0.6 is 4.87 Å². The van der Waals surface area contributed by atoms with E-state index in [1.807, 2.05) is 0 Å². The van der Waals surface area contributed by atoms with Crippen LogP contribution in [0.15, 0.2) is 30.3 Å². The van der Waals surface area contributed by atoms with Crippen molar-refractivity contribution < 1.29 is 58.4 Å². The minimum Gasteiger partial charge on any atom is -0.255 e. The van der Waals surface area contributed by atoms with Crippen molar-refractivity contribution in [2.24, 2.45) is 0 Å². The van der Waals surface area contributed by atoms with Crippen LogP contribution in [0.5, 0.6) is 0 Å². The van der Waals surface area contributed by atoms with Crippen molar-refractivity contribution in [3.63, 3.8) is 0 Å². The molecule has 0 fully saturated rings. The Kier molecular flexibility index (Phi) is 6.01. The predicted molar refractivity (Wildman–Crippen MR) is 67.6 cm³/mol. The van der Waals surface area contributed by atoms with Crippen LogP contribution < -0.4 is 5.30 Å². The van der Waals surface area contributed by atoms with Gasteiger partial charge in [0.2, 0.25) is 0 Å². The maximum atomic E-state index is 11.3. The Morgan fingerprint density at radius 3 is 1.25 bits per heavy atom. The molecule has 0 aliphatic heterocycles. The SMILES string of the molecule is O=S(=O)(O)[P+](c1ccccc1)(S(=O)(=O)O)S(=O)(=O)O.[Rh]. The molecule has 0 aliphatic rings. The molecule has 9 nitrogen and oxygen atoms in total. The molecule has 1 aromatic rings. The van der Waals surface area contributed by atoms with Crippen molar-refractivity contribution in [3.8, 4) is 0 Å². The summed E-state index contributed by atoms with van der Waals surface area (Å²) in [6.07, 6.45) is 0. The largest absolute Gasteiger partial charge is 0.477 e. The maximum Gasteiger partial charge on any atom is 0.477 e. The van der Waals surface area contributed by atoms with Crippen molar-refractivity contribution in [2.45, 2.75) is 0 Å². The summed E-state index contributed by atoms with van der Waals surface area (Å²) in [6.45, 7) is 0. The van der Waals surface area contributed by atoms with Gasteiger partial charge in [-0.2, -0.15) is 25.3 Å². The average molecular weight is 454 g/mol. The fourth-order valence-electron chi connectivity index (χ4n) is 1.37. The van der Waals surface area contributed by atoms with Crippen LogP contribution in [-0.2, 0) is 48.7 Å². The van der Waals surface area contributed by atoms with Crippen molar-refractivity contribution in [3.05, 3.63) is 30.3 Å². The van der Waals surface area contributed by atoms with Gasteiger partial charge in [0.25, 0.3) is 0 Å². The first-order valence-electron chi connectivity index (χ1n) is 4.23. The molecule has 0 amide bonds. The van der Waals surface area contributed by atoms with Crippen LogP contribution in [0.1, 0.15) is 0 Å². The molecular weight excluding hydrogens is 446 g/mol. The summed E-state index contributed by atoms with van der Waals surface area (Å²) in [4.78, 5) is -5.82. The van der Waals surface area contributed by atoms with E-state index in [-0.39, 0.29) is 19.5 Å². The first-order valence-corrected chi connectivity index (χ1v) is 12.2.